The maximum absolute atomic E-state index is 11.1. The van der Waals surface area contributed by atoms with E-state index in [9.17, 15) is 15.0 Å². The first-order valence-corrected chi connectivity index (χ1v) is 9.49. The number of carbonyl (C=O) groups excluding carboxylic acids is 1. The van der Waals surface area contributed by atoms with Crippen LogP contribution in [0.2, 0.25) is 0 Å². The molecule has 0 fully saturated rings. The number of ether oxygens (including phenoxy) is 1. The van der Waals surface area contributed by atoms with Crippen LogP contribution in [-0.4, -0.2) is 47.2 Å². The van der Waals surface area contributed by atoms with E-state index in [1.807, 2.05) is 39.0 Å². The molecule has 0 radical (unpaired) electrons. The van der Waals surface area contributed by atoms with Crippen molar-refractivity contribution in [2.45, 2.75) is 65.9 Å². The van der Waals surface area contributed by atoms with Gasteiger partial charge in [-0.25, -0.2) is 0 Å². The van der Waals surface area contributed by atoms with Crippen molar-refractivity contribution in [3.8, 4) is 0 Å². The quantitative estimate of drug-likeness (QED) is 0.336. The van der Waals surface area contributed by atoms with Gasteiger partial charge in [-0.1, -0.05) is 29.9 Å². The Labute approximate surface area is 163 Å². The first kappa shape index (κ1) is 25.3. The molecule has 5 heteroatoms. The molecule has 1 atom stereocenters. The molecule has 0 rings (SSSR count). The lowest BCUT2D eigenvalue weighted by Crippen LogP contribution is -2.07. The van der Waals surface area contributed by atoms with Crippen LogP contribution in [0.3, 0.4) is 0 Å². The summed E-state index contributed by atoms with van der Waals surface area (Å²) >= 11 is 0. The molecule has 0 saturated heterocycles. The first-order valence-electron chi connectivity index (χ1n) is 9.49. The molecular formula is C22H36O5. The third kappa shape index (κ3) is 14.1. The molecule has 0 amide bonds. The summed E-state index contributed by atoms with van der Waals surface area (Å²) in [4.78, 5) is 11.1. The zero-order valence-corrected chi connectivity index (χ0v) is 17.2. The van der Waals surface area contributed by atoms with E-state index in [2.05, 4.69) is 0 Å². The molecule has 0 aromatic heterocycles. The minimum Gasteiger partial charge on any atom is -0.461 e. The van der Waals surface area contributed by atoms with E-state index in [-0.39, 0.29) is 25.8 Å². The zero-order chi connectivity index (χ0) is 20.7. The van der Waals surface area contributed by atoms with E-state index in [0.717, 1.165) is 29.6 Å². The molecule has 0 spiro atoms. The molecule has 154 valence electrons. The summed E-state index contributed by atoms with van der Waals surface area (Å²) in [6.07, 6.45) is 10.7. The Morgan fingerprint density at radius 3 is 2.11 bits per heavy atom. The normalized spacial score (nSPS) is 14.1. The summed E-state index contributed by atoms with van der Waals surface area (Å²) < 4.78 is 5.12. The van der Waals surface area contributed by atoms with E-state index in [1.54, 1.807) is 6.08 Å². The van der Waals surface area contributed by atoms with Crippen LogP contribution in [0.1, 0.15) is 59.8 Å². The second-order valence-corrected chi connectivity index (χ2v) is 6.90. The number of rotatable bonds is 13. The second kappa shape index (κ2) is 15.4. The van der Waals surface area contributed by atoms with Crippen LogP contribution < -0.4 is 0 Å². The number of esters is 1. The van der Waals surface area contributed by atoms with E-state index in [4.69, 9.17) is 9.84 Å². The Kier molecular flexibility index (Phi) is 14.4. The van der Waals surface area contributed by atoms with Gasteiger partial charge in [-0.15, -0.1) is 0 Å². The van der Waals surface area contributed by atoms with Gasteiger partial charge in [-0.2, -0.15) is 0 Å². The molecule has 3 N–H and O–H groups in total. The van der Waals surface area contributed by atoms with Crippen molar-refractivity contribution in [2.24, 2.45) is 0 Å². The third-order valence-electron chi connectivity index (χ3n) is 4.15. The van der Waals surface area contributed by atoms with Crippen molar-refractivity contribution in [1.82, 2.24) is 0 Å². The average Bonchev–Trinajstić information content (AvgIpc) is 2.62. The highest BCUT2D eigenvalue weighted by atomic mass is 16.5. The van der Waals surface area contributed by atoms with Gasteiger partial charge in [0.25, 0.3) is 0 Å². The minimum atomic E-state index is -0.475. The number of aliphatic hydroxyl groups is 3. The van der Waals surface area contributed by atoms with Crippen LogP contribution in [0.5, 0.6) is 0 Å². The van der Waals surface area contributed by atoms with Gasteiger partial charge in [0.05, 0.1) is 19.3 Å². The molecule has 0 aromatic rings. The first-order chi connectivity index (χ1) is 12.8. The summed E-state index contributed by atoms with van der Waals surface area (Å²) in [6, 6.07) is 0. The standard InChI is InChI=1S/C22H36O5/c1-17(2)11-12-22(26)18(3)7-5-9-21(16-27-19(4)25)10-6-8-20(15-24)13-14-23/h7,10-11,13,22-24,26H,5-6,8-9,12,14-16H2,1-4H3/b18-7+,20-13+,21-10-/t22-/m1/s1. The Balaban J connectivity index is 4.73. The van der Waals surface area contributed by atoms with E-state index in [1.165, 1.54) is 12.5 Å². The van der Waals surface area contributed by atoms with Crippen molar-refractivity contribution in [2.75, 3.05) is 19.8 Å². The van der Waals surface area contributed by atoms with Crippen LogP contribution in [0, 0.1) is 0 Å². The van der Waals surface area contributed by atoms with Gasteiger partial charge in [-0.05, 0) is 69.6 Å². The summed E-state index contributed by atoms with van der Waals surface area (Å²) in [5.41, 5.74) is 3.92. The number of carbonyl (C=O) groups is 1. The minimum absolute atomic E-state index is 0.0703. The molecule has 0 aliphatic heterocycles. The highest BCUT2D eigenvalue weighted by molar-refractivity contribution is 5.66. The monoisotopic (exact) mass is 380 g/mol. The van der Waals surface area contributed by atoms with Gasteiger partial charge < -0.3 is 20.1 Å². The fraction of sp³-hybridized carbons (Fsp3) is 0.591. The summed E-state index contributed by atoms with van der Waals surface area (Å²) in [5.74, 6) is -0.319. The average molecular weight is 381 g/mol. The Morgan fingerprint density at radius 2 is 1.56 bits per heavy atom. The molecule has 0 saturated carbocycles. The third-order valence-corrected chi connectivity index (χ3v) is 4.15. The van der Waals surface area contributed by atoms with E-state index < -0.39 is 6.10 Å². The summed E-state index contributed by atoms with van der Waals surface area (Å²) in [6.45, 7) is 7.42. The summed E-state index contributed by atoms with van der Waals surface area (Å²) in [7, 11) is 0. The van der Waals surface area contributed by atoms with E-state index >= 15 is 0 Å². The molecular weight excluding hydrogens is 344 g/mol. The smallest absolute Gasteiger partial charge is 0.302 e. The number of aliphatic hydroxyl groups excluding tert-OH is 3. The predicted octanol–water partition coefficient (Wildman–Crippen LogP) is 3.61. The highest BCUT2D eigenvalue weighted by Gasteiger charge is 2.05. The van der Waals surface area contributed by atoms with Crippen LogP contribution >= 0.6 is 0 Å². The molecule has 0 bridgehead atoms. The van der Waals surface area contributed by atoms with Crippen molar-refractivity contribution < 1.29 is 24.9 Å². The molecule has 27 heavy (non-hydrogen) atoms. The van der Waals surface area contributed by atoms with Crippen molar-refractivity contribution in [3.05, 3.63) is 46.6 Å². The van der Waals surface area contributed by atoms with Crippen LogP contribution in [0.25, 0.3) is 0 Å². The van der Waals surface area contributed by atoms with Crippen LogP contribution in [0.4, 0.5) is 0 Å². The van der Waals surface area contributed by atoms with E-state index in [0.29, 0.717) is 19.3 Å². The number of hydrogen-bond acceptors (Lipinski definition) is 5. The maximum atomic E-state index is 11.1. The predicted molar refractivity (Wildman–Crippen MR) is 109 cm³/mol. The maximum Gasteiger partial charge on any atom is 0.302 e. The summed E-state index contributed by atoms with van der Waals surface area (Å²) in [5, 5.41) is 28.3. The van der Waals surface area contributed by atoms with Crippen molar-refractivity contribution in [1.29, 1.82) is 0 Å². The Morgan fingerprint density at radius 1 is 0.926 bits per heavy atom. The number of allylic oxidation sites excluding steroid dienone is 3. The molecule has 0 heterocycles. The van der Waals surface area contributed by atoms with Crippen LogP contribution in [-0.2, 0) is 9.53 Å². The zero-order valence-electron chi connectivity index (χ0n) is 17.2. The van der Waals surface area contributed by atoms with Crippen molar-refractivity contribution in [3.63, 3.8) is 0 Å². The van der Waals surface area contributed by atoms with Gasteiger partial charge in [0, 0.05) is 6.92 Å². The largest absolute Gasteiger partial charge is 0.461 e. The topological polar surface area (TPSA) is 87.0 Å². The lowest BCUT2D eigenvalue weighted by molar-refractivity contribution is -0.140. The van der Waals surface area contributed by atoms with Gasteiger partial charge in [0.15, 0.2) is 0 Å². The molecule has 0 unspecified atom stereocenters. The molecule has 0 aromatic carbocycles. The van der Waals surface area contributed by atoms with Gasteiger partial charge in [0.2, 0.25) is 0 Å². The second-order valence-electron chi connectivity index (χ2n) is 6.90. The Hall–Kier alpha value is -1.69. The Bertz CT molecular complexity index is 551. The van der Waals surface area contributed by atoms with Crippen molar-refractivity contribution >= 4 is 5.97 Å². The fourth-order valence-corrected chi connectivity index (χ4v) is 2.42. The molecule has 5 nitrogen and oxygen atoms in total. The molecule has 0 aliphatic carbocycles. The SMILES string of the molecule is CC(=O)OC/C(=C\CC/C(=C\CO)CO)CC/C=C(\C)[C@H](O)CC=C(C)C. The van der Waals surface area contributed by atoms with Gasteiger partial charge in [-0.3, -0.25) is 4.79 Å². The highest BCUT2D eigenvalue weighted by Crippen LogP contribution is 2.15. The van der Waals surface area contributed by atoms with Crippen LogP contribution in [0.15, 0.2) is 46.6 Å². The van der Waals surface area contributed by atoms with Gasteiger partial charge in [0.1, 0.15) is 6.61 Å². The number of hydrogen-bond donors (Lipinski definition) is 3. The fourth-order valence-electron chi connectivity index (χ4n) is 2.42. The van der Waals surface area contributed by atoms with Gasteiger partial charge >= 0.3 is 5.97 Å². The lowest BCUT2D eigenvalue weighted by atomic mass is 10.0. The lowest BCUT2D eigenvalue weighted by Gasteiger charge is -2.11. The molecule has 0 aliphatic rings.